The van der Waals surface area contributed by atoms with Gasteiger partial charge >= 0.3 is 0 Å². The summed E-state index contributed by atoms with van der Waals surface area (Å²) in [6.07, 6.45) is 7.22. The number of hydrogen-bond donors (Lipinski definition) is 0. The summed E-state index contributed by atoms with van der Waals surface area (Å²) in [5, 5.41) is 10.7. The molecule has 0 N–H and O–H groups in total. The molecule has 0 aliphatic rings. The molecule has 0 saturated heterocycles. The lowest BCUT2D eigenvalue weighted by atomic mass is 10.3. The van der Waals surface area contributed by atoms with Gasteiger partial charge in [-0.25, -0.2) is 4.98 Å². The molecule has 0 aliphatic heterocycles. The minimum absolute atomic E-state index is 0.878. The molecule has 2 rings (SSSR count). The predicted molar refractivity (Wildman–Crippen MR) is 85.0 cm³/mol. The number of fused-ring (bicyclic) bond motifs is 1. The molecule has 0 bridgehead atoms. The average Bonchev–Trinajstić information content (AvgIpc) is 2.89. The molecule has 2 aromatic heterocycles. The summed E-state index contributed by atoms with van der Waals surface area (Å²) < 4.78 is 2.16. The lowest BCUT2D eigenvalue weighted by Crippen LogP contribution is -2.36. The fraction of sp³-hybridized carbons (Fsp3) is 0.562. The second-order valence-corrected chi connectivity index (χ2v) is 4.39. The smallest absolute Gasteiger partial charge is 0.182 e. The first-order valence-electron chi connectivity index (χ1n) is 7.60. The summed E-state index contributed by atoms with van der Waals surface area (Å²) in [6, 6.07) is 0. The van der Waals surface area contributed by atoms with Crippen molar-refractivity contribution in [2.75, 3.05) is 0 Å². The Morgan fingerprint density at radius 3 is 2.40 bits per heavy atom. The zero-order valence-electron chi connectivity index (χ0n) is 13.6. The third-order valence-corrected chi connectivity index (χ3v) is 2.99. The van der Waals surface area contributed by atoms with Gasteiger partial charge in [-0.1, -0.05) is 39.8 Å². The van der Waals surface area contributed by atoms with Crippen LogP contribution in [0.25, 0.3) is 17.8 Å². The van der Waals surface area contributed by atoms with Crippen LogP contribution in [0.2, 0.25) is 0 Å². The van der Waals surface area contributed by atoms with E-state index in [1.54, 1.807) is 0 Å². The molecule has 110 valence electrons. The highest BCUT2D eigenvalue weighted by Crippen LogP contribution is 2.04. The number of aryl methyl sites for hydroxylation is 2. The molecule has 0 atom stereocenters. The first-order chi connectivity index (χ1) is 9.72. The predicted octanol–water partition coefficient (Wildman–Crippen LogP) is 2.40. The molecule has 4 heteroatoms. The van der Waals surface area contributed by atoms with Crippen LogP contribution in [-0.2, 0) is 6.42 Å². The molecular formula is C16H26N4. The Labute approximate surface area is 121 Å². The molecule has 0 radical (unpaired) electrons. The summed E-state index contributed by atoms with van der Waals surface area (Å²) in [4.78, 5) is 4.60. The second-order valence-electron chi connectivity index (χ2n) is 4.39. The molecule has 0 fully saturated rings. The van der Waals surface area contributed by atoms with Crippen LogP contribution in [-0.4, -0.2) is 19.6 Å². The highest BCUT2D eigenvalue weighted by atomic mass is 15.3. The van der Waals surface area contributed by atoms with E-state index in [1.807, 2.05) is 33.8 Å². The minimum atomic E-state index is 0.878. The van der Waals surface area contributed by atoms with E-state index in [9.17, 15) is 0 Å². The Hall–Kier alpha value is -1.71. The molecule has 0 saturated carbocycles. The van der Waals surface area contributed by atoms with E-state index in [2.05, 4.69) is 39.5 Å². The number of hydrogen-bond acceptors (Lipinski definition) is 3. The monoisotopic (exact) mass is 274 g/mol. The van der Waals surface area contributed by atoms with Crippen LogP contribution in [0.1, 0.15) is 59.0 Å². The Morgan fingerprint density at radius 1 is 1.15 bits per heavy atom. The summed E-state index contributed by atoms with van der Waals surface area (Å²) in [5.74, 6) is 1.03. The molecule has 0 spiro atoms. The van der Waals surface area contributed by atoms with Gasteiger partial charge in [0, 0.05) is 6.42 Å². The van der Waals surface area contributed by atoms with Gasteiger partial charge in [-0.2, -0.15) is 0 Å². The van der Waals surface area contributed by atoms with E-state index in [1.165, 1.54) is 0 Å². The third kappa shape index (κ3) is 3.06. The Bertz CT molecular complexity index is 668. The number of nitrogens with zero attached hydrogens (tertiary/aromatic N) is 4. The van der Waals surface area contributed by atoms with Crippen molar-refractivity contribution in [3.8, 4) is 0 Å². The summed E-state index contributed by atoms with van der Waals surface area (Å²) >= 11 is 0. The topological polar surface area (TPSA) is 43.1 Å². The first kappa shape index (κ1) is 16.3. The van der Waals surface area contributed by atoms with Crippen molar-refractivity contribution in [3.05, 3.63) is 22.2 Å². The Morgan fingerprint density at radius 2 is 1.85 bits per heavy atom. The van der Waals surface area contributed by atoms with Crippen molar-refractivity contribution in [2.45, 2.75) is 60.8 Å². The number of aromatic nitrogens is 4. The van der Waals surface area contributed by atoms with Gasteiger partial charge in [0.15, 0.2) is 5.65 Å². The van der Waals surface area contributed by atoms with E-state index >= 15 is 0 Å². The van der Waals surface area contributed by atoms with E-state index < -0.39 is 0 Å². The molecule has 0 amide bonds. The largest absolute Gasteiger partial charge is 0.276 e. The van der Waals surface area contributed by atoms with Crippen LogP contribution in [0.4, 0.5) is 0 Å². The third-order valence-electron chi connectivity index (χ3n) is 2.99. The van der Waals surface area contributed by atoms with Gasteiger partial charge in [0.2, 0.25) is 0 Å². The van der Waals surface area contributed by atoms with Crippen LogP contribution < -0.4 is 10.7 Å². The lowest BCUT2D eigenvalue weighted by Gasteiger charge is -2.03. The quantitative estimate of drug-likeness (QED) is 0.863. The highest BCUT2D eigenvalue weighted by molar-refractivity contribution is 5.45. The maximum Gasteiger partial charge on any atom is 0.182 e. The van der Waals surface area contributed by atoms with Gasteiger partial charge in [-0.15, -0.1) is 10.2 Å². The van der Waals surface area contributed by atoms with Crippen molar-refractivity contribution >= 4 is 17.8 Å². The van der Waals surface area contributed by atoms with Crippen molar-refractivity contribution in [1.29, 1.82) is 0 Å². The molecule has 0 unspecified atom stereocenters. The normalized spacial score (nSPS) is 12.7. The van der Waals surface area contributed by atoms with Crippen molar-refractivity contribution in [3.63, 3.8) is 0 Å². The Balaban J connectivity index is 0.000000956. The number of rotatable bonds is 3. The molecule has 4 nitrogen and oxygen atoms in total. The molecule has 0 aromatic carbocycles. The zero-order chi connectivity index (χ0) is 15.1. The molecule has 20 heavy (non-hydrogen) atoms. The molecular weight excluding hydrogens is 248 g/mol. The summed E-state index contributed by atoms with van der Waals surface area (Å²) in [6.45, 7) is 12.3. The zero-order valence-corrected chi connectivity index (χ0v) is 13.6. The van der Waals surface area contributed by atoms with Crippen molar-refractivity contribution < 1.29 is 0 Å². The maximum absolute atomic E-state index is 4.60. The van der Waals surface area contributed by atoms with Crippen LogP contribution in [0.15, 0.2) is 0 Å². The van der Waals surface area contributed by atoms with Crippen LogP contribution >= 0.6 is 0 Å². The first-order valence-corrected chi connectivity index (χ1v) is 7.60. The SMILES string of the molecule is C/C=c1/nc(C)c2nnc(CCC)n2/c1=C/CC.CC. The van der Waals surface area contributed by atoms with Gasteiger partial charge < -0.3 is 0 Å². The Kier molecular flexibility index (Phi) is 6.36. The van der Waals surface area contributed by atoms with Gasteiger partial charge in [0.05, 0.1) is 16.4 Å². The van der Waals surface area contributed by atoms with Gasteiger partial charge in [-0.3, -0.25) is 4.40 Å². The molecule has 2 aromatic rings. The maximum atomic E-state index is 4.60. The molecule has 2 heterocycles. The summed E-state index contributed by atoms with van der Waals surface area (Å²) in [5.41, 5.74) is 1.81. The highest BCUT2D eigenvalue weighted by Gasteiger charge is 2.09. The lowest BCUT2D eigenvalue weighted by molar-refractivity contribution is 0.804. The molecule has 0 aliphatic carbocycles. The van der Waals surface area contributed by atoms with Gasteiger partial charge in [0.25, 0.3) is 0 Å². The fourth-order valence-electron chi connectivity index (χ4n) is 2.19. The summed E-state index contributed by atoms with van der Waals surface area (Å²) in [7, 11) is 0. The van der Waals surface area contributed by atoms with E-state index in [0.29, 0.717) is 0 Å². The van der Waals surface area contributed by atoms with Crippen molar-refractivity contribution in [1.82, 2.24) is 19.6 Å². The van der Waals surface area contributed by atoms with Crippen molar-refractivity contribution in [2.24, 2.45) is 0 Å². The van der Waals surface area contributed by atoms with Gasteiger partial charge in [0.1, 0.15) is 5.82 Å². The van der Waals surface area contributed by atoms with E-state index in [-0.39, 0.29) is 0 Å². The van der Waals surface area contributed by atoms with E-state index in [0.717, 1.165) is 47.1 Å². The minimum Gasteiger partial charge on any atom is -0.276 e. The second kappa shape index (κ2) is 7.78. The van der Waals surface area contributed by atoms with Gasteiger partial charge in [-0.05, 0) is 26.7 Å². The van der Waals surface area contributed by atoms with Crippen LogP contribution in [0.3, 0.4) is 0 Å². The van der Waals surface area contributed by atoms with E-state index in [4.69, 9.17) is 0 Å². The van der Waals surface area contributed by atoms with Crippen LogP contribution in [0, 0.1) is 6.92 Å². The van der Waals surface area contributed by atoms with Crippen LogP contribution in [0.5, 0.6) is 0 Å². The fourth-order valence-corrected chi connectivity index (χ4v) is 2.19. The average molecular weight is 274 g/mol. The standard InChI is InChI=1S/C14H20N4.C2H6/c1-5-8-12-11(7-3)15-10(4)14-17-16-13(9-6-2)18(12)14;1-2/h7-8H,5-6,9H2,1-4H3;1-2H3/b11-7+,12-8+;.